The van der Waals surface area contributed by atoms with Crippen molar-refractivity contribution in [2.24, 2.45) is 0 Å². The first kappa shape index (κ1) is 28.2. The molecule has 0 aromatic heterocycles. The molecule has 0 spiro atoms. The second-order valence-electron chi connectivity index (χ2n) is 8.69. The molecule has 1 aliphatic heterocycles. The molecule has 8 nitrogen and oxygen atoms in total. The predicted octanol–water partition coefficient (Wildman–Crippen LogP) is 6.52. The third-order valence-electron chi connectivity index (χ3n) is 5.75. The summed E-state index contributed by atoms with van der Waals surface area (Å²) in [5.74, 6) is -1.18. The second-order valence-corrected chi connectivity index (χ2v) is 10.1. The predicted molar refractivity (Wildman–Crippen MR) is 153 cm³/mol. The highest BCUT2D eigenvalue weighted by Gasteiger charge is 2.36. The molecule has 3 aromatic carbocycles. The Hall–Kier alpha value is -3.82. The largest absolute Gasteiger partial charge is 0.493 e. The third kappa shape index (κ3) is 6.61. The first-order valence-corrected chi connectivity index (χ1v) is 13.7. The van der Waals surface area contributed by atoms with E-state index in [1.807, 2.05) is 50.2 Å². The van der Waals surface area contributed by atoms with Crippen LogP contribution in [0.1, 0.15) is 42.6 Å². The van der Waals surface area contributed by atoms with Gasteiger partial charge in [-0.15, -0.1) is 0 Å². The minimum Gasteiger partial charge on any atom is -0.493 e. The molecular weight excluding hydrogens is 540 g/mol. The minimum absolute atomic E-state index is 0.105. The zero-order chi connectivity index (χ0) is 27.9. The van der Waals surface area contributed by atoms with E-state index in [0.717, 1.165) is 33.9 Å². The number of nitrogens with zero attached hydrogens (tertiary/aromatic N) is 1. The molecule has 0 radical (unpaired) electrons. The van der Waals surface area contributed by atoms with E-state index in [-0.39, 0.29) is 27.8 Å². The van der Waals surface area contributed by atoms with Crippen molar-refractivity contribution in [1.82, 2.24) is 4.90 Å². The van der Waals surface area contributed by atoms with Crippen LogP contribution in [0.3, 0.4) is 0 Å². The Bertz CT molecular complexity index is 1470. The maximum absolute atomic E-state index is 13.2. The van der Waals surface area contributed by atoms with Crippen molar-refractivity contribution in [1.29, 1.82) is 0 Å². The number of carbonyl (C=O) groups excluding carboxylic acids is 4. The molecular formula is C29H27ClN2O6S. The number of rotatable bonds is 10. The molecule has 0 aliphatic carbocycles. The van der Waals surface area contributed by atoms with Crippen LogP contribution in [0.25, 0.3) is 16.8 Å². The molecule has 4 rings (SSSR count). The lowest BCUT2D eigenvalue weighted by atomic mass is 10.0. The van der Waals surface area contributed by atoms with Gasteiger partial charge in [0.25, 0.3) is 11.1 Å². The van der Waals surface area contributed by atoms with Crippen LogP contribution in [0.5, 0.6) is 5.75 Å². The fourth-order valence-corrected chi connectivity index (χ4v) is 4.92. The Morgan fingerprint density at radius 3 is 2.56 bits per heavy atom. The first-order chi connectivity index (χ1) is 18.8. The highest BCUT2D eigenvalue weighted by Crippen LogP contribution is 2.37. The van der Waals surface area contributed by atoms with Crippen molar-refractivity contribution in [2.75, 3.05) is 25.1 Å². The van der Waals surface area contributed by atoms with Crippen molar-refractivity contribution in [3.63, 3.8) is 0 Å². The van der Waals surface area contributed by atoms with Gasteiger partial charge in [-0.3, -0.25) is 19.3 Å². The average Bonchev–Trinajstić information content (AvgIpc) is 3.19. The van der Waals surface area contributed by atoms with Gasteiger partial charge in [0, 0.05) is 11.3 Å². The number of amides is 3. The highest BCUT2D eigenvalue weighted by molar-refractivity contribution is 8.18. The zero-order valence-electron chi connectivity index (χ0n) is 21.5. The Balaban J connectivity index is 1.52. The van der Waals surface area contributed by atoms with Crippen LogP contribution in [-0.2, 0) is 14.3 Å². The van der Waals surface area contributed by atoms with Crippen molar-refractivity contribution in [3.8, 4) is 5.75 Å². The Morgan fingerprint density at radius 2 is 1.79 bits per heavy atom. The van der Waals surface area contributed by atoms with E-state index in [1.165, 1.54) is 18.2 Å². The van der Waals surface area contributed by atoms with E-state index < -0.39 is 29.6 Å². The van der Waals surface area contributed by atoms with E-state index in [2.05, 4.69) is 5.32 Å². The number of fused-ring (bicyclic) bond motifs is 1. The molecule has 0 bridgehead atoms. The summed E-state index contributed by atoms with van der Waals surface area (Å²) in [6.07, 6.45) is 3.11. The van der Waals surface area contributed by atoms with Crippen molar-refractivity contribution in [3.05, 3.63) is 75.7 Å². The van der Waals surface area contributed by atoms with Gasteiger partial charge in [0.2, 0.25) is 5.91 Å². The quantitative estimate of drug-likeness (QED) is 0.220. The number of thioether (sulfide) groups is 1. The summed E-state index contributed by atoms with van der Waals surface area (Å²) in [6.45, 7) is 4.12. The molecule has 10 heteroatoms. The second kappa shape index (κ2) is 12.8. The maximum Gasteiger partial charge on any atom is 0.339 e. The number of anilines is 1. The topological polar surface area (TPSA) is 102 Å². The van der Waals surface area contributed by atoms with Crippen LogP contribution in [0.4, 0.5) is 10.5 Å². The summed E-state index contributed by atoms with van der Waals surface area (Å²) >= 11 is 6.88. The van der Waals surface area contributed by atoms with E-state index >= 15 is 0 Å². The zero-order valence-corrected chi connectivity index (χ0v) is 23.1. The first-order valence-electron chi connectivity index (χ1n) is 12.5. The summed E-state index contributed by atoms with van der Waals surface area (Å²) < 4.78 is 11.0. The molecule has 202 valence electrons. The molecule has 1 aliphatic rings. The summed E-state index contributed by atoms with van der Waals surface area (Å²) in [6, 6.07) is 15.9. The number of ether oxygens (including phenoxy) is 2. The average molecular weight is 567 g/mol. The lowest BCUT2D eigenvalue weighted by Gasteiger charge is -2.14. The summed E-state index contributed by atoms with van der Waals surface area (Å²) in [4.78, 5) is 52.0. The number of benzene rings is 3. The van der Waals surface area contributed by atoms with Gasteiger partial charge < -0.3 is 14.8 Å². The fraction of sp³-hybridized carbons (Fsp3) is 0.241. The fourth-order valence-electron chi connectivity index (χ4n) is 3.91. The molecule has 3 aromatic rings. The van der Waals surface area contributed by atoms with Gasteiger partial charge in [-0.1, -0.05) is 55.8 Å². The Morgan fingerprint density at radius 1 is 1.03 bits per heavy atom. The van der Waals surface area contributed by atoms with Crippen LogP contribution in [0, 0.1) is 0 Å². The summed E-state index contributed by atoms with van der Waals surface area (Å²) in [5.41, 5.74) is 1.08. The molecule has 1 saturated heterocycles. The molecule has 1 N–H and O–H groups in total. The maximum atomic E-state index is 13.2. The van der Waals surface area contributed by atoms with Crippen molar-refractivity contribution >= 4 is 68.9 Å². The molecule has 0 unspecified atom stereocenters. The Kier molecular flexibility index (Phi) is 9.27. The number of halogens is 1. The lowest BCUT2D eigenvalue weighted by Crippen LogP contribution is -2.36. The van der Waals surface area contributed by atoms with E-state index in [1.54, 1.807) is 6.08 Å². The standard InChI is InChI=1S/C29H27ClN2O6S/c1-3-13-37-24-12-9-18-7-5-6-8-20(18)21(24)16-25-27(34)32(29(36)39-25)17-26(33)31-19-10-11-23(30)22(15-19)28(35)38-14-4-2/h5-12,15-16H,3-4,13-14,17H2,1-2H3,(H,31,33)/b25-16-. The number of esters is 1. The summed E-state index contributed by atoms with van der Waals surface area (Å²) in [5, 5.41) is 4.08. The third-order valence-corrected chi connectivity index (χ3v) is 6.99. The van der Waals surface area contributed by atoms with E-state index in [0.29, 0.717) is 24.3 Å². The molecule has 0 atom stereocenters. The SMILES string of the molecule is CCCOC(=O)c1cc(NC(=O)CN2C(=O)S/C(=C\c3c(OCCC)ccc4ccccc34)C2=O)ccc1Cl. The minimum atomic E-state index is -0.607. The molecule has 1 heterocycles. The van der Waals surface area contributed by atoms with Gasteiger partial charge in [-0.25, -0.2) is 4.79 Å². The van der Waals surface area contributed by atoms with Crippen LogP contribution >= 0.6 is 23.4 Å². The van der Waals surface area contributed by atoms with Crippen molar-refractivity contribution in [2.45, 2.75) is 26.7 Å². The Labute approximate surface area is 235 Å². The molecule has 39 heavy (non-hydrogen) atoms. The number of carbonyl (C=O) groups is 4. The molecule has 1 fully saturated rings. The van der Waals surface area contributed by atoms with Gasteiger partial charge in [0.15, 0.2) is 0 Å². The van der Waals surface area contributed by atoms with Gasteiger partial charge in [-0.2, -0.15) is 0 Å². The number of nitrogens with one attached hydrogen (secondary N) is 1. The number of imide groups is 1. The van der Waals surface area contributed by atoms with Gasteiger partial charge in [0.1, 0.15) is 12.3 Å². The molecule has 0 saturated carbocycles. The smallest absolute Gasteiger partial charge is 0.339 e. The van der Waals surface area contributed by atoms with E-state index in [4.69, 9.17) is 21.1 Å². The van der Waals surface area contributed by atoms with Gasteiger partial charge in [0.05, 0.1) is 28.7 Å². The van der Waals surface area contributed by atoms with Crippen LogP contribution < -0.4 is 10.1 Å². The number of hydrogen-bond donors (Lipinski definition) is 1. The highest BCUT2D eigenvalue weighted by atomic mass is 35.5. The lowest BCUT2D eigenvalue weighted by molar-refractivity contribution is -0.127. The van der Waals surface area contributed by atoms with Gasteiger partial charge in [-0.05, 0) is 65.7 Å². The van der Waals surface area contributed by atoms with Gasteiger partial charge >= 0.3 is 5.97 Å². The monoisotopic (exact) mass is 566 g/mol. The van der Waals surface area contributed by atoms with Crippen LogP contribution in [-0.4, -0.2) is 47.7 Å². The van der Waals surface area contributed by atoms with Crippen LogP contribution in [0.2, 0.25) is 5.02 Å². The summed E-state index contributed by atoms with van der Waals surface area (Å²) in [7, 11) is 0. The van der Waals surface area contributed by atoms with Crippen LogP contribution in [0.15, 0.2) is 59.5 Å². The van der Waals surface area contributed by atoms with Crippen molar-refractivity contribution < 1.29 is 28.7 Å². The normalized spacial score (nSPS) is 14.2. The molecule has 3 amide bonds. The van der Waals surface area contributed by atoms with E-state index in [9.17, 15) is 19.2 Å². The number of hydrogen-bond acceptors (Lipinski definition) is 7.